The molecular formula is C11H22F2O6SSi. The number of hydrogen-bond donors (Lipinski definition) is 1. The number of carbonyl (C=O) groups excluding carboxylic acids is 1. The molecule has 0 heterocycles. The molecule has 0 aromatic carbocycles. The van der Waals surface area contributed by atoms with Crippen LogP contribution in [0.25, 0.3) is 0 Å². The minimum Gasteiger partial charge on any atom is -0.458 e. The Morgan fingerprint density at radius 1 is 1.29 bits per heavy atom. The molecule has 0 aliphatic heterocycles. The molecule has 0 atom stereocenters. The van der Waals surface area contributed by atoms with Crippen LogP contribution in [0.2, 0.25) is 19.1 Å². The number of esters is 1. The van der Waals surface area contributed by atoms with Gasteiger partial charge in [0.05, 0.1) is 5.41 Å². The van der Waals surface area contributed by atoms with Gasteiger partial charge in [-0.3, -0.25) is 9.35 Å². The van der Waals surface area contributed by atoms with Gasteiger partial charge >= 0.3 is 21.3 Å². The van der Waals surface area contributed by atoms with Crippen molar-refractivity contribution in [1.82, 2.24) is 0 Å². The summed E-state index contributed by atoms with van der Waals surface area (Å²) in [5.74, 6) is -0.952. The van der Waals surface area contributed by atoms with Crippen LogP contribution in [-0.4, -0.2) is 46.2 Å². The zero-order valence-electron chi connectivity index (χ0n) is 12.8. The first-order chi connectivity index (χ1) is 9.15. The van der Waals surface area contributed by atoms with Gasteiger partial charge in [0.2, 0.25) is 0 Å². The highest BCUT2D eigenvalue weighted by Crippen LogP contribution is 2.30. The van der Waals surface area contributed by atoms with Crippen molar-refractivity contribution in [3.05, 3.63) is 0 Å². The predicted molar refractivity (Wildman–Crippen MR) is 75.2 cm³/mol. The monoisotopic (exact) mass is 348 g/mol. The molecule has 0 aliphatic carbocycles. The number of rotatable bonds is 8. The molecule has 0 saturated heterocycles. The zero-order valence-corrected chi connectivity index (χ0v) is 14.6. The molecule has 0 rings (SSSR count). The summed E-state index contributed by atoms with van der Waals surface area (Å²) in [4.78, 5) is 11.8. The lowest BCUT2D eigenvalue weighted by atomic mass is 9.90. The van der Waals surface area contributed by atoms with Crippen molar-refractivity contribution in [3.8, 4) is 0 Å². The van der Waals surface area contributed by atoms with E-state index in [4.69, 9.17) is 8.98 Å². The third-order valence-corrected chi connectivity index (χ3v) is 6.64. The standard InChI is InChI=1S/C11H22F2O6SSi/c1-10(2,6-7-21(4,5)18-3)9(14)19-8-11(12,13)20(15,16)17/h6-8H2,1-5H3,(H,15,16,17). The quantitative estimate of drug-likeness (QED) is 0.411. The van der Waals surface area contributed by atoms with Crippen molar-refractivity contribution < 1.29 is 35.7 Å². The minimum absolute atomic E-state index is 0.357. The smallest absolute Gasteiger partial charge is 0.402 e. The molecule has 21 heavy (non-hydrogen) atoms. The normalized spacial score (nSPS) is 14.1. The van der Waals surface area contributed by atoms with Crippen molar-refractivity contribution in [2.75, 3.05) is 13.7 Å². The molecule has 0 saturated carbocycles. The molecule has 0 spiro atoms. The third kappa shape index (κ3) is 6.37. The van der Waals surface area contributed by atoms with Crippen LogP contribution in [-0.2, 0) is 24.1 Å². The highest BCUT2D eigenvalue weighted by Gasteiger charge is 2.46. The Bertz CT molecular complexity index is 475. The Labute approximate surface area is 124 Å². The van der Waals surface area contributed by atoms with E-state index in [0.29, 0.717) is 12.5 Å². The maximum atomic E-state index is 13.0. The number of hydrogen-bond acceptors (Lipinski definition) is 5. The predicted octanol–water partition coefficient (Wildman–Crippen LogP) is 2.28. The highest BCUT2D eigenvalue weighted by molar-refractivity contribution is 7.86. The third-order valence-electron chi connectivity index (χ3n) is 3.21. The second-order valence-corrected chi connectivity index (χ2v) is 12.0. The molecule has 126 valence electrons. The summed E-state index contributed by atoms with van der Waals surface area (Å²) in [5.41, 5.74) is -1.06. The summed E-state index contributed by atoms with van der Waals surface area (Å²) in [7, 11) is -5.95. The lowest BCUT2D eigenvalue weighted by molar-refractivity contribution is -0.160. The van der Waals surface area contributed by atoms with E-state index >= 15 is 0 Å². The van der Waals surface area contributed by atoms with E-state index in [9.17, 15) is 22.0 Å². The second-order valence-electron chi connectivity index (χ2n) is 6.04. The average Bonchev–Trinajstić information content (AvgIpc) is 2.32. The van der Waals surface area contributed by atoms with Crippen LogP contribution < -0.4 is 0 Å². The van der Waals surface area contributed by atoms with E-state index < -0.39 is 41.7 Å². The molecule has 0 fully saturated rings. The summed E-state index contributed by atoms with van der Waals surface area (Å²) in [5, 5.41) is -4.51. The molecule has 0 aromatic rings. The van der Waals surface area contributed by atoms with E-state index in [-0.39, 0.29) is 0 Å². The first-order valence-corrected chi connectivity index (χ1v) is 10.8. The van der Waals surface area contributed by atoms with Gasteiger partial charge in [0, 0.05) is 7.11 Å². The summed E-state index contributed by atoms with van der Waals surface area (Å²) in [6, 6.07) is 0.611. The van der Waals surface area contributed by atoms with Gasteiger partial charge in [0.1, 0.15) is 0 Å². The first kappa shape index (κ1) is 20.4. The fourth-order valence-electron chi connectivity index (χ4n) is 1.24. The van der Waals surface area contributed by atoms with Crippen molar-refractivity contribution in [3.63, 3.8) is 0 Å². The Balaban J connectivity index is 4.65. The maximum absolute atomic E-state index is 13.0. The van der Waals surface area contributed by atoms with Gasteiger partial charge in [-0.2, -0.15) is 17.2 Å². The van der Waals surface area contributed by atoms with Gasteiger partial charge in [-0.05, 0) is 39.4 Å². The van der Waals surface area contributed by atoms with E-state index in [1.165, 1.54) is 13.8 Å². The van der Waals surface area contributed by atoms with E-state index in [0.717, 1.165) is 0 Å². The molecule has 0 aromatic heterocycles. The zero-order chi connectivity index (χ0) is 17.1. The number of carbonyl (C=O) groups is 1. The summed E-state index contributed by atoms with van der Waals surface area (Å²) in [6.45, 7) is 5.21. The van der Waals surface area contributed by atoms with Crippen LogP contribution >= 0.6 is 0 Å². The van der Waals surface area contributed by atoms with Crippen LogP contribution in [0, 0.1) is 5.41 Å². The summed E-state index contributed by atoms with van der Waals surface area (Å²) < 4.78 is 64.8. The number of halogens is 2. The second kappa shape index (κ2) is 6.67. The van der Waals surface area contributed by atoms with Crippen molar-refractivity contribution in [1.29, 1.82) is 0 Å². The molecule has 0 bridgehead atoms. The van der Waals surface area contributed by atoms with Crippen LogP contribution in [0.1, 0.15) is 20.3 Å². The molecule has 0 aliphatic rings. The fraction of sp³-hybridized carbons (Fsp3) is 0.909. The Morgan fingerprint density at radius 2 is 1.76 bits per heavy atom. The van der Waals surface area contributed by atoms with Crippen LogP contribution in [0.4, 0.5) is 8.78 Å². The molecule has 10 heteroatoms. The van der Waals surface area contributed by atoms with Crippen molar-refractivity contribution in [2.45, 2.75) is 44.7 Å². The Hall–Kier alpha value is -0.583. The fourth-order valence-corrected chi connectivity index (χ4v) is 2.88. The van der Waals surface area contributed by atoms with E-state index in [1.54, 1.807) is 7.11 Å². The number of ether oxygens (including phenoxy) is 1. The lowest BCUT2D eigenvalue weighted by Gasteiger charge is -2.27. The van der Waals surface area contributed by atoms with Gasteiger partial charge in [-0.15, -0.1) is 0 Å². The summed E-state index contributed by atoms with van der Waals surface area (Å²) in [6.07, 6.45) is 0.357. The summed E-state index contributed by atoms with van der Waals surface area (Å²) >= 11 is 0. The van der Waals surface area contributed by atoms with E-state index in [2.05, 4.69) is 4.74 Å². The van der Waals surface area contributed by atoms with Crippen molar-refractivity contribution in [2.24, 2.45) is 5.41 Å². The average molecular weight is 348 g/mol. The van der Waals surface area contributed by atoms with Crippen LogP contribution in [0.15, 0.2) is 0 Å². The highest BCUT2D eigenvalue weighted by atomic mass is 32.2. The SMILES string of the molecule is CO[Si](C)(C)CCC(C)(C)C(=O)OCC(F)(F)S(=O)(=O)O. The molecule has 0 radical (unpaired) electrons. The molecule has 0 amide bonds. The molecular weight excluding hydrogens is 326 g/mol. The number of alkyl halides is 2. The lowest BCUT2D eigenvalue weighted by Crippen LogP contribution is -2.38. The van der Waals surface area contributed by atoms with Gasteiger partial charge in [-0.1, -0.05) is 0 Å². The van der Waals surface area contributed by atoms with Gasteiger partial charge < -0.3 is 9.16 Å². The van der Waals surface area contributed by atoms with Gasteiger partial charge in [0.25, 0.3) is 0 Å². The van der Waals surface area contributed by atoms with Gasteiger partial charge in [0.15, 0.2) is 14.9 Å². The minimum atomic E-state index is -5.61. The van der Waals surface area contributed by atoms with Crippen LogP contribution in [0.5, 0.6) is 0 Å². The Morgan fingerprint density at radius 3 is 2.14 bits per heavy atom. The van der Waals surface area contributed by atoms with Crippen molar-refractivity contribution >= 4 is 24.4 Å². The molecule has 6 nitrogen and oxygen atoms in total. The molecule has 1 N–H and O–H groups in total. The topological polar surface area (TPSA) is 89.9 Å². The molecule has 0 unspecified atom stereocenters. The van der Waals surface area contributed by atoms with Gasteiger partial charge in [-0.25, -0.2) is 0 Å². The Kier molecular flexibility index (Phi) is 6.49. The largest absolute Gasteiger partial charge is 0.458 e. The first-order valence-electron chi connectivity index (χ1n) is 6.22. The van der Waals surface area contributed by atoms with Crippen LogP contribution in [0.3, 0.4) is 0 Å². The van der Waals surface area contributed by atoms with E-state index in [1.807, 2.05) is 13.1 Å². The maximum Gasteiger partial charge on any atom is 0.402 e.